The number of ether oxygens (including phenoxy) is 1. The number of urea groups is 1. The number of methoxy groups -OCH3 is 1. The zero-order valence-electron chi connectivity index (χ0n) is 13.6. The van der Waals surface area contributed by atoms with Crippen LogP contribution < -0.4 is 10.1 Å². The summed E-state index contributed by atoms with van der Waals surface area (Å²) in [4.78, 5) is 13.5. The number of nitrogens with one attached hydrogen (secondary N) is 1. The number of carbonyl (C=O) groups is 1. The molecule has 0 aromatic heterocycles. The molecule has 1 aromatic rings. The fourth-order valence-electron chi connectivity index (χ4n) is 2.62. The third-order valence-electron chi connectivity index (χ3n) is 4.26. The lowest BCUT2D eigenvalue weighted by Gasteiger charge is -2.34. The fraction of sp³-hybridized carbons (Fsp3) is 0.562. The van der Waals surface area contributed by atoms with Gasteiger partial charge in [-0.25, -0.2) is 4.79 Å². The van der Waals surface area contributed by atoms with Crippen LogP contribution in [0.5, 0.6) is 5.75 Å². The topological polar surface area (TPSA) is 61.8 Å². The lowest BCUT2D eigenvalue weighted by atomic mass is 9.96. The Morgan fingerprint density at radius 3 is 2.75 bits per heavy atom. The molecular formula is C16H21F3N2O3. The van der Waals surface area contributed by atoms with E-state index in [-0.39, 0.29) is 30.3 Å². The molecule has 1 heterocycles. The molecule has 5 nitrogen and oxygen atoms in total. The Morgan fingerprint density at radius 2 is 2.17 bits per heavy atom. The standard InChI is InChI=1S/C16H21F3N2O3/c1-10-5-6-21(9-14(10)22)15(23)20-8-11-3-4-12(24-2)7-13(11)16(17,18)19/h3-4,7,10,14,22H,5-6,8-9H2,1-2H3,(H,20,23). The molecule has 2 atom stereocenters. The van der Waals surface area contributed by atoms with E-state index in [0.29, 0.717) is 13.0 Å². The molecule has 24 heavy (non-hydrogen) atoms. The number of hydrogen-bond acceptors (Lipinski definition) is 3. The van der Waals surface area contributed by atoms with Crippen LogP contribution in [0.3, 0.4) is 0 Å². The van der Waals surface area contributed by atoms with Gasteiger partial charge >= 0.3 is 12.2 Å². The zero-order chi connectivity index (χ0) is 17.9. The number of β-amino-alcohol motifs (C(OH)–C–C–N with tert-alkyl or cyclic N) is 1. The van der Waals surface area contributed by atoms with E-state index in [1.807, 2.05) is 6.92 Å². The van der Waals surface area contributed by atoms with Gasteiger partial charge in [0.25, 0.3) is 0 Å². The predicted octanol–water partition coefficient (Wildman–Crippen LogP) is 2.63. The molecule has 0 bridgehead atoms. The molecule has 1 aliphatic rings. The quantitative estimate of drug-likeness (QED) is 0.884. The predicted molar refractivity (Wildman–Crippen MR) is 81.6 cm³/mol. The molecule has 0 radical (unpaired) electrons. The highest BCUT2D eigenvalue weighted by molar-refractivity contribution is 5.74. The first-order chi connectivity index (χ1) is 11.2. The third kappa shape index (κ3) is 4.31. The van der Waals surface area contributed by atoms with Crippen LogP contribution in [-0.2, 0) is 12.7 Å². The van der Waals surface area contributed by atoms with Gasteiger partial charge in [-0.2, -0.15) is 13.2 Å². The Labute approximate surface area is 138 Å². The van der Waals surface area contributed by atoms with Crippen molar-refractivity contribution >= 4 is 6.03 Å². The number of aliphatic hydroxyl groups excluding tert-OH is 1. The minimum atomic E-state index is -4.54. The molecule has 1 aliphatic heterocycles. The summed E-state index contributed by atoms with van der Waals surface area (Å²) < 4.78 is 44.2. The van der Waals surface area contributed by atoms with Crippen molar-refractivity contribution in [2.24, 2.45) is 5.92 Å². The Balaban J connectivity index is 2.05. The average Bonchev–Trinajstić information content (AvgIpc) is 2.54. The van der Waals surface area contributed by atoms with Gasteiger partial charge < -0.3 is 20.1 Å². The van der Waals surface area contributed by atoms with Crippen LogP contribution in [0.25, 0.3) is 0 Å². The number of benzene rings is 1. The summed E-state index contributed by atoms with van der Waals surface area (Å²) in [6.45, 7) is 2.30. The molecule has 134 valence electrons. The Hall–Kier alpha value is -1.96. The monoisotopic (exact) mass is 346 g/mol. The minimum Gasteiger partial charge on any atom is -0.497 e. The van der Waals surface area contributed by atoms with Crippen LogP contribution in [0.4, 0.5) is 18.0 Å². The van der Waals surface area contributed by atoms with Crippen molar-refractivity contribution in [3.63, 3.8) is 0 Å². The Bertz CT molecular complexity index is 592. The van der Waals surface area contributed by atoms with Crippen LogP contribution in [0, 0.1) is 5.92 Å². The number of alkyl halides is 3. The minimum absolute atomic E-state index is 0.0393. The van der Waals surface area contributed by atoms with Crippen LogP contribution in [0.15, 0.2) is 18.2 Å². The second-order valence-corrected chi connectivity index (χ2v) is 5.96. The van der Waals surface area contributed by atoms with Crippen LogP contribution in [0.1, 0.15) is 24.5 Å². The first-order valence-corrected chi connectivity index (χ1v) is 7.67. The number of nitrogens with zero attached hydrogens (tertiary/aromatic N) is 1. The van der Waals surface area contributed by atoms with Crippen LogP contribution in [0.2, 0.25) is 0 Å². The van der Waals surface area contributed by atoms with E-state index >= 15 is 0 Å². The van der Waals surface area contributed by atoms with Gasteiger partial charge in [-0.3, -0.25) is 0 Å². The van der Waals surface area contributed by atoms with Crippen LogP contribution >= 0.6 is 0 Å². The number of hydrogen-bond donors (Lipinski definition) is 2. The van der Waals surface area contributed by atoms with E-state index in [9.17, 15) is 23.1 Å². The van der Waals surface area contributed by atoms with Crippen molar-refractivity contribution in [1.29, 1.82) is 0 Å². The van der Waals surface area contributed by atoms with E-state index < -0.39 is 23.9 Å². The summed E-state index contributed by atoms with van der Waals surface area (Å²) in [5.41, 5.74) is -0.878. The summed E-state index contributed by atoms with van der Waals surface area (Å²) in [5, 5.41) is 12.3. The molecule has 2 rings (SSSR count). The van der Waals surface area contributed by atoms with E-state index in [4.69, 9.17) is 4.74 Å². The molecule has 1 saturated heterocycles. The first kappa shape index (κ1) is 18.4. The second kappa shape index (κ2) is 7.29. The second-order valence-electron chi connectivity index (χ2n) is 5.96. The number of carbonyl (C=O) groups excluding carboxylic acids is 1. The van der Waals surface area contributed by atoms with Crippen molar-refractivity contribution in [3.8, 4) is 5.75 Å². The van der Waals surface area contributed by atoms with Gasteiger partial charge in [-0.1, -0.05) is 13.0 Å². The van der Waals surface area contributed by atoms with Crippen molar-refractivity contribution in [1.82, 2.24) is 10.2 Å². The van der Waals surface area contributed by atoms with Gasteiger partial charge in [0.1, 0.15) is 5.75 Å². The molecule has 0 saturated carbocycles. The fourth-order valence-corrected chi connectivity index (χ4v) is 2.62. The highest BCUT2D eigenvalue weighted by Crippen LogP contribution is 2.34. The van der Waals surface area contributed by atoms with Crippen molar-refractivity contribution < 1.29 is 27.8 Å². The van der Waals surface area contributed by atoms with Gasteiger partial charge in [-0.15, -0.1) is 0 Å². The lowest BCUT2D eigenvalue weighted by molar-refractivity contribution is -0.138. The van der Waals surface area contributed by atoms with E-state index in [1.54, 1.807) is 0 Å². The maximum atomic E-state index is 13.1. The smallest absolute Gasteiger partial charge is 0.416 e. The van der Waals surface area contributed by atoms with Crippen molar-refractivity contribution in [3.05, 3.63) is 29.3 Å². The number of piperidine rings is 1. The number of halogens is 3. The maximum absolute atomic E-state index is 13.1. The molecule has 0 spiro atoms. The van der Waals surface area contributed by atoms with Crippen molar-refractivity contribution in [2.75, 3.05) is 20.2 Å². The molecule has 1 aromatic carbocycles. The number of rotatable bonds is 3. The highest BCUT2D eigenvalue weighted by atomic mass is 19.4. The summed E-state index contributed by atoms with van der Waals surface area (Å²) >= 11 is 0. The molecule has 2 N–H and O–H groups in total. The molecular weight excluding hydrogens is 325 g/mol. The molecule has 2 unspecified atom stereocenters. The molecule has 0 aliphatic carbocycles. The zero-order valence-corrected chi connectivity index (χ0v) is 13.6. The number of amides is 2. The summed E-state index contributed by atoms with van der Waals surface area (Å²) in [6, 6.07) is 3.14. The number of likely N-dealkylation sites (tertiary alicyclic amines) is 1. The maximum Gasteiger partial charge on any atom is 0.416 e. The number of aliphatic hydroxyl groups is 1. The summed E-state index contributed by atoms with van der Waals surface area (Å²) in [7, 11) is 1.29. The normalized spacial score (nSPS) is 21.5. The van der Waals surface area contributed by atoms with E-state index in [1.165, 1.54) is 24.1 Å². The van der Waals surface area contributed by atoms with Gasteiger partial charge in [-0.05, 0) is 30.0 Å². The van der Waals surface area contributed by atoms with Gasteiger partial charge in [0, 0.05) is 19.6 Å². The molecule has 2 amide bonds. The molecule has 8 heteroatoms. The van der Waals surface area contributed by atoms with Crippen LogP contribution in [-0.4, -0.2) is 42.3 Å². The largest absolute Gasteiger partial charge is 0.497 e. The SMILES string of the molecule is COc1ccc(CNC(=O)N2CCC(C)C(O)C2)c(C(F)(F)F)c1. The van der Waals surface area contributed by atoms with E-state index in [0.717, 1.165) is 6.07 Å². The Morgan fingerprint density at radius 1 is 1.46 bits per heavy atom. The summed E-state index contributed by atoms with van der Waals surface area (Å²) in [6.07, 6.45) is -4.49. The van der Waals surface area contributed by atoms with E-state index in [2.05, 4.69) is 5.32 Å². The van der Waals surface area contributed by atoms with Gasteiger partial charge in [0.2, 0.25) is 0 Å². The third-order valence-corrected chi connectivity index (χ3v) is 4.26. The average molecular weight is 346 g/mol. The van der Waals surface area contributed by atoms with Gasteiger partial charge in [0.05, 0.1) is 18.8 Å². The molecule has 1 fully saturated rings. The van der Waals surface area contributed by atoms with Gasteiger partial charge in [0.15, 0.2) is 0 Å². The summed E-state index contributed by atoms with van der Waals surface area (Å²) in [5.74, 6) is 0.206. The Kier molecular flexibility index (Phi) is 5.58. The lowest BCUT2D eigenvalue weighted by Crippen LogP contribution is -2.49. The van der Waals surface area contributed by atoms with Crippen molar-refractivity contribution in [2.45, 2.75) is 32.2 Å². The first-order valence-electron chi connectivity index (χ1n) is 7.67. The highest BCUT2D eigenvalue weighted by Gasteiger charge is 2.34.